The van der Waals surface area contributed by atoms with Gasteiger partial charge < -0.3 is 14.6 Å². The van der Waals surface area contributed by atoms with E-state index in [1.54, 1.807) is 0 Å². The molecule has 2 aliphatic rings. The summed E-state index contributed by atoms with van der Waals surface area (Å²) in [5.41, 5.74) is -0.755. The Labute approximate surface area is 112 Å². The molecule has 2 heterocycles. The predicted molar refractivity (Wildman–Crippen MR) is 70.8 cm³/mol. The normalized spacial score (nSPS) is 39.4. The summed E-state index contributed by atoms with van der Waals surface area (Å²) in [5, 5.41) is 11.1. The molecule has 0 aromatic carbocycles. The smallest absolute Gasteiger partial charge is 0.160 e. The molecule has 2 rings (SSSR count). The first-order chi connectivity index (χ1) is 8.58. The lowest BCUT2D eigenvalue weighted by molar-refractivity contribution is -0.171. The molecule has 2 atom stereocenters. The van der Waals surface area contributed by atoms with E-state index in [1.807, 2.05) is 13.8 Å². The van der Waals surface area contributed by atoms with E-state index < -0.39 is 16.4 Å². The molecule has 0 amide bonds. The van der Waals surface area contributed by atoms with Gasteiger partial charge in [0.1, 0.15) is 0 Å². The first-order valence-electron chi connectivity index (χ1n) is 6.93. The van der Waals surface area contributed by atoms with Crippen LogP contribution in [0, 0.1) is 0 Å². The molecule has 2 unspecified atom stereocenters. The van der Waals surface area contributed by atoms with Gasteiger partial charge in [0, 0.05) is 40.9 Å². The van der Waals surface area contributed by atoms with Crippen LogP contribution in [0.25, 0.3) is 0 Å². The van der Waals surface area contributed by atoms with E-state index in [9.17, 15) is 9.32 Å². The van der Waals surface area contributed by atoms with Gasteiger partial charge in [-0.1, -0.05) is 0 Å². The maximum Gasteiger partial charge on any atom is 0.160 e. The number of ether oxygens (including phenoxy) is 2. The van der Waals surface area contributed by atoms with Crippen LogP contribution in [0.1, 0.15) is 46.0 Å². The van der Waals surface area contributed by atoms with Crippen LogP contribution in [0.4, 0.5) is 0 Å². The van der Waals surface area contributed by atoms with E-state index in [-0.39, 0.29) is 16.8 Å². The fourth-order valence-electron chi connectivity index (χ4n) is 3.19. The van der Waals surface area contributed by atoms with Crippen molar-refractivity contribution in [3.63, 3.8) is 0 Å². The third-order valence-corrected chi connectivity index (χ3v) is 6.05. The van der Waals surface area contributed by atoms with Gasteiger partial charge in [0.2, 0.25) is 0 Å². The predicted octanol–water partition coefficient (Wildman–Crippen LogP) is 1.58. The number of hydrogen-bond acceptors (Lipinski definition) is 4. The highest BCUT2D eigenvalue weighted by Crippen LogP contribution is 2.43. The highest BCUT2D eigenvalue weighted by atomic mass is 32.2. The zero-order valence-corrected chi connectivity index (χ0v) is 12.1. The maximum absolute atomic E-state index is 12.0. The summed E-state index contributed by atoms with van der Waals surface area (Å²) < 4.78 is 23.0. The quantitative estimate of drug-likeness (QED) is 0.748. The molecule has 4 nitrogen and oxygen atoms in total. The van der Waals surface area contributed by atoms with Gasteiger partial charge in [-0.05, 0) is 39.5 Å². The molecule has 2 saturated heterocycles. The van der Waals surface area contributed by atoms with Crippen LogP contribution in [0.15, 0.2) is 0 Å². The van der Waals surface area contributed by atoms with Crippen LogP contribution in [-0.4, -0.2) is 44.9 Å². The molecule has 5 heteroatoms. The van der Waals surface area contributed by atoms with Crippen molar-refractivity contribution < 1.29 is 18.8 Å². The Morgan fingerprint density at radius 3 is 2.17 bits per heavy atom. The van der Waals surface area contributed by atoms with E-state index in [0.29, 0.717) is 32.5 Å². The molecule has 18 heavy (non-hydrogen) atoms. The van der Waals surface area contributed by atoms with Crippen LogP contribution in [0.2, 0.25) is 0 Å². The molecule has 2 fully saturated rings. The molecule has 0 aliphatic carbocycles. The summed E-state index contributed by atoms with van der Waals surface area (Å²) in [6, 6.07) is 0. The third-order valence-electron chi connectivity index (χ3n) is 3.93. The van der Waals surface area contributed by atoms with E-state index in [4.69, 9.17) is 9.47 Å². The van der Waals surface area contributed by atoms with Crippen molar-refractivity contribution in [2.75, 3.05) is 13.2 Å². The maximum atomic E-state index is 12.0. The summed E-state index contributed by atoms with van der Waals surface area (Å²) in [7, 11) is -0.729. The van der Waals surface area contributed by atoms with Crippen molar-refractivity contribution in [3.8, 4) is 0 Å². The minimum atomic E-state index is -0.755. The lowest BCUT2D eigenvalue weighted by atomic mass is 9.90. The van der Waals surface area contributed by atoms with Crippen molar-refractivity contribution >= 4 is 10.8 Å². The number of aliphatic hydroxyl groups is 1. The van der Waals surface area contributed by atoms with Gasteiger partial charge in [-0.2, -0.15) is 0 Å². The Balaban J connectivity index is 1.97. The van der Waals surface area contributed by atoms with E-state index >= 15 is 0 Å². The summed E-state index contributed by atoms with van der Waals surface area (Å²) >= 11 is 0. The fraction of sp³-hybridized carbons (Fsp3) is 1.00. The van der Waals surface area contributed by atoms with Crippen LogP contribution < -0.4 is 0 Å². The van der Waals surface area contributed by atoms with E-state index in [2.05, 4.69) is 0 Å². The molecule has 0 radical (unpaired) electrons. The molecule has 0 spiro atoms. The number of hydrogen-bond donors (Lipinski definition) is 1. The summed E-state index contributed by atoms with van der Waals surface area (Å²) in [4.78, 5) is 0. The molecule has 2 bridgehead atoms. The van der Waals surface area contributed by atoms with Crippen LogP contribution in [-0.2, 0) is 20.3 Å². The zero-order valence-electron chi connectivity index (χ0n) is 11.3. The van der Waals surface area contributed by atoms with Crippen molar-refractivity contribution in [1.29, 1.82) is 0 Å². The average molecular weight is 276 g/mol. The second kappa shape index (κ2) is 5.99. The Hall–Kier alpha value is 0.0300. The van der Waals surface area contributed by atoms with Gasteiger partial charge >= 0.3 is 0 Å². The summed E-state index contributed by atoms with van der Waals surface area (Å²) in [6.45, 7) is 5.02. The van der Waals surface area contributed by atoms with Crippen LogP contribution in [0.5, 0.6) is 0 Å². The zero-order chi connectivity index (χ0) is 13.2. The third kappa shape index (κ3) is 3.13. The molecule has 0 saturated carbocycles. The molecule has 106 valence electrons. The van der Waals surface area contributed by atoms with E-state index in [0.717, 1.165) is 12.8 Å². The molecule has 0 aromatic heterocycles. The Kier molecular flexibility index (Phi) is 4.80. The Morgan fingerprint density at radius 1 is 1.22 bits per heavy atom. The Morgan fingerprint density at radius 2 is 1.72 bits per heavy atom. The standard InChI is InChI=1S/C13H24O4S/c1-3-16-12(17-4-2)9-13(14)7-10-5-6-11(8-13)18(10)15/h10-12,14H,3-9H2,1-2H3. The van der Waals surface area contributed by atoms with Crippen molar-refractivity contribution in [3.05, 3.63) is 0 Å². The summed E-state index contributed by atoms with van der Waals surface area (Å²) in [5.74, 6) is 0. The average Bonchev–Trinajstić information content (AvgIpc) is 2.54. The SMILES string of the molecule is CCOC(CC1(O)CC2CCC(C1)S2=O)OCC. The van der Waals surface area contributed by atoms with Crippen molar-refractivity contribution in [2.24, 2.45) is 0 Å². The minimum Gasteiger partial charge on any atom is -0.390 e. The van der Waals surface area contributed by atoms with Gasteiger partial charge in [-0.3, -0.25) is 4.21 Å². The first-order valence-corrected chi connectivity index (χ1v) is 8.20. The molecular weight excluding hydrogens is 252 g/mol. The highest BCUT2D eigenvalue weighted by molar-refractivity contribution is 7.86. The second-order valence-electron chi connectivity index (χ2n) is 5.33. The molecule has 1 N–H and O–H groups in total. The lowest BCUT2D eigenvalue weighted by Gasteiger charge is -2.37. The largest absolute Gasteiger partial charge is 0.390 e. The number of fused-ring (bicyclic) bond motifs is 2. The summed E-state index contributed by atoms with van der Waals surface area (Å²) in [6.07, 6.45) is 3.41. The van der Waals surface area contributed by atoms with Gasteiger partial charge in [-0.15, -0.1) is 0 Å². The lowest BCUT2D eigenvalue weighted by Crippen LogP contribution is -2.45. The van der Waals surface area contributed by atoms with Gasteiger partial charge in [0.15, 0.2) is 6.29 Å². The van der Waals surface area contributed by atoms with E-state index in [1.165, 1.54) is 0 Å². The van der Waals surface area contributed by atoms with Crippen molar-refractivity contribution in [2.45, 2.75) is 68.3 Å². The molecule has 2 aliphatic heterocycles. The first kappa shape index (κ1) is 14.4. The van der Waals surface area contributed by atoms with Gasteiger partial charge in [0.05, 0.1) is 5.60 Å². The van der Waals surface area contributed by atoms with Crippen LogP contribution >= 0.6 is 0 Å². The number of rotatable bonds is 6. The molecular formula is C13H24O4S. The minimum absolute atomic E-state index is 0.178. The second-order valence-corrected chi connectivity index (χ2v) is 7.32. The fourth-order valence-corrected chi connectivity index (χ4v) is 5.42. The Bertz CT molecular complexity index is 285. The van der Waals surface area contributed by atoms with Gasteiger partial charge in [0.25, 0.3) is 0 Å². The van der Waals surface area contributed by atoms with Crippen molar-refractivity contribution in [1.82, 2.24) is 0 Å². The molecule has 0 aromatic rings. The topological polar surface area (TPSA) is 55.8 Å². The highest BCUT2D eigenvalue weighted by Gasteiger charge is 2.48. The monoisotopic (exact) mass is 276 g/mol. The van der Waals surface area contributed by atoms with Crippen LogP contribution in [0.3, 0.4) is 0 Å². The van der Waals surface area contributed by atoms with Gasteiger partial charge in [-0.25, -0.2) is 0 Å².